The zero-order valence-electron chi connectivity index (χ0n) is 12.7. The van der Waals surface area contributed by atoms with Gasteiger partial charge in [-0.1, -0.05) is 0 Å². The monoisotopic (exact) mass is 300 g/mol. The van der Waals surface area contributed by atoms with Gasteiger partial charge in [0.05, 0.1) is 24.7 Å². The van der Waals surface area contributed by atoms with Gasteiger partial charge in [0, 0.05) is 26.2 Å². The van der Waals surface area contributed by atoms with E-state index in [0.717, 1.165) is 37.6 Å². The highest BCUT2D eigenvalue weighted by atomic mass is 16.3. The maximum atomic E-state index is 12.4. The summed E-state index contributed by atoms with van der Waals surface area (Å²) in [6.45, 7) is 3.94. The fourth-order valence-electron chi connectivity index (χ4n) is 2.40. The van der Waals surface area contributed by atoms with Crippen molar-refractivity contribution in [1.82, 2.24) is 14.8 Å². The van der Waals surface area contributed by atoms with Gasteiger partial charge in [-0.3, -0.25) is 4.79 Å². The Kier molecular flexibility index (Phi) is 4.39. The van der Waals surface area contributed by atoms with Gasteiger partial charge < -0.3 is 19.5 Å². The first-order valence-electron chi connectivity index (χ1n) is 7.42. The number of aromatic nitrogens is 1. The van der Waals surface area contributed by atoms with Crippen molar-refractivity contribution in [3.63, 3.8) is 0 Å². The van der Waals surface area contributed by atoms with Crippen molar-refractivity contribution < 1.29 is 9.21 Å². The van der Waals surface area contributed by atoms with Crippen LogP contribution in [0.15, 0.2) is 41.1 Å². The highest BCUT2D eigenvalue weighted by Crippen LogP contribution is 2.11. The number of likely N-dealkylation sites (N-methyl/N-ethyl adjacent to an activating group) is 1. The molecule has 1 saturated heterocycles. The van der Waals surface area contributed by atoms with E-state index in [0.29, 0.717) is 12.2 Å². The number of furan rings is 1. The van der Waals surface area contributed by atoms with Crippen LogP contribution in [0.3, 0.4) is 0 Å². The van der Waals surface area contributed by atoms with E-state index in [1.54, 1.807) is 18.5 Å². The minimum absolute atomic E-state index is 0.00526. The molecule has 2 aromatic heterocycles. The standard InChI is InChI=1S/C16H20N4O2/c1-19-6-8-20(9-7-19)16(21)15-5-4-13(11-18-15)17-12-14-3-2-10-22-14/h2-5,10-11,17H,6-9,12H2,1H3. The third-order valence-electron chi connectivity index (χ3n) is 3.82. The summed E-state index contributed by atoms with van der Waals surface area (Å²) in [7, 11) is 2.07. The second-order valence-corrected chi connectivity index (χ2v) is 5.46. The molecule has 1 amide bonds. The molecule has 0 unspecified atom stereocenters. The highest BCUT2D eigenvalue weighted by molar-refractivity contribution is 5.92. The van der Waals surface area contributed by atoms with Crippen molar-refractivity contribution in [3.05, 3.63) is 48.2 Å². The van der Waals surface area contributed by atoms with Gasteiger partial charge in [-0.15, -0.1) is 0 Å². The normalized spacial score (nSPS) is 15.8. The maximum Gasteiger partial charge on any atom is 0.272 e. The molecular weight excluding hydrogens is 280 g/mol. The van der Waals surface area contributed by atoms with Gasteiger partial charge in [-0.2, -0.15) is 0 Å². The zero-order chi connectivity index (χ0) is 15.4. The summed E-state index contributed by atoms with van der Waals surface area (Å²) in [4.78, 5) is 20.7. The van der Waals surface area contributed by atoms with Crippen molar-refractivity contribution in [2.45, 2.75) is 6.54 Å². The predicted octanol–water partition coefficient (Wildman–Crippen LogP) is 1.67. The quantitative estimate of drug-likeness (QED) is 0.931. The van der Waals surface area contributed by atoms with Crippen molar-refractivity contribution in [1.29, 1.82) is 0 Å². The average molecular weight is 300 g/mol. The minimum atomic E-state index is 0.00526. The third-order valence-corrected chi connectivity index (χ3v) is 3.82. The van der Waals surface area contributed by atoms with E-state index in [9.17, 15) is 4.79 Å². The first-order chi connectivity index (χ1) is 10.7. The van der Waals surface area contributed by atoms with Crippen LogP contribution in [0.1, 0.15) is 16.2 Å². The molecular formula is C16H20N4O2. The molecule has 1 aliphatic rings. The Morgan fingerprint density at radius 1 is 1.27 bits per heavy atom. The lowest BCUT2D eigenvalue weighted by Crippen LogP contribution is -2.47. The Morgan fingerprint density at radius 2 is 2.09 bits per heavy atom. The minimum Gasteiger partial charge on any atom is -0.467 e. The number of hydrogen-bond acceptors (Lipinski definition) is 5. The summed E-state index contributed by atoms with van der Waals surface area (Å²) in [5.74, 6) is 0.864. The molecule has 0 spiro atoms. The Bertz CT molecular complexity index is 602. The fourth-order valence-corrected chi connectivity index (χ4v) is 2.40. The van der Waals surface area contributed by atoms with E-state index in [1.165, 1.54) is 0 Å². The van der Waals surface area contributed by atoms with Crippen LogP contribution in [-0.4, -0.2) is 53.9 Å². The van der Waals surface area contributed by atoms with Gasteiger partial charge in [0.2, 0.25) is 0 Å². The Balaban J connectivity index is 1.57. The van der Waals surface area contributed by atoms with E-state index in [1.807, 2.05) is 23.1 Å². The SMILES string of the molecule is CN1CCN(C(=O)c2ccc(NCc3ccco3)cn2)CC1. The van der Waals surface area contributed by atoms with Gasteiger partial charge in [-0.25, -0.2) is 4.98 Å². The summed E-state index contributed by atoms with van der Waals surface area (Å²) in [6.07, 6.45) is 3.33. The first-order valence-corrected chi connectivity index (χ1v) is 7.42. The molecule has 1 fully saturated rings. The number of amides is 1. The molecule has 6 heteroatoms. The highest BCUT2D eigenvalue weighted by Gasteiger charge is 2.21. The molecule has 1 N–H and O–H groups in total. The van der Waals surface area contributed by atoms with E-state index < -0.39 is 0 Å². The summed E-state index contributed by atoms with van der Waals surface area (Å²) in [6, 6.07) is 7.41. The number of nitrogens with zero attached hydrogens (tertiary/aromatic N) is 3. The van der Waals surface area contributed by atoms with Crippen molar-refractivity contribution in [3.8, 4) is 0 Å². The van der Waals surface area contributed by atoms with Gasteiger partial charge >= 0.3 is 0 Å². The van der Waals surface area contributed by atoms with Crippen LogP contribution >= 0.6 is 0 Å². The van der Waals surface area contributed by atoms with Crippen molar-refractivity contribution >= 4 is 11.6 Å². The number of nitrogens with one attached hydrogen (secondary N) is 1. The average Bonchev–Trinajstić information content (AvgIpc) is 3.07. The van der Waals surface area contributed by atoms with Crippen LogP contribution in [0.5, 0.6) is 0 Å². The van der Waals surface area contributed by atoms with E-state index in [2.05, 4.69) is 22.2 Å². The summed E-state index contributed by atoms with van der Waals surface area (Å²) >= 11 is 0. The number of hydrogen-bond donors (Lipinski definition) is 1. The van der Waals surface area contributed by atoms with E-state index >= 15 is 0 Å². The smallest absolute Gasteiger partial charge is 0.272 e. The molecule has 0 atom stereocenters. The maximum absolute atomic E-state index is 12.4. The Hall–Kier alpha value is -2.34. The molecule has 0 radical (unpaired) electrons. The molecule has 22 heavy (non-hydrogen) atoms. The molecule has 6 nitrogen and oxygen atoms in total. The predicted molar refractivity (Wildman–Crippen MR) is 83.7 cm³/mol. The fraction of sp³-hybridized carbons (Fsp3) is 0.375. The number of carbonyl (C=O) groups is 1. The molecule has 1 aliphatic heterocycles. The summed E-state index contributed by atoms with van der Waals surface area (Å²) < 4.78 is 5.26. The van der Waals surface area contributed by atoms with Crippen molar-refractivity contribution in [2.24, 2.45) is 0 Å². The van der Waals surface area contributed by atoms with Crippen LogP contribution in [0.2, 0.25) is 0 Å². The lowest BCUT2D eigenvalue weighted by molar-refractivity contribution is 0.0658. The number of anilines is 1. The second kappa shape index (κ2) is 6.62. The number of carbonyl (C=O) groups excluding carboxylic acids is 1. The molecule has 3 rings (SSSR count). The van der Waals surface area contributed by atoms with E-state index in [4.69, 9.17) is 4.42 Å². The molecule has 0 aliphatic carbocycles. The van der Waals surface area contributed by atoms with Crippen LogP contribution < -0.4 is 5.32 Å². The van der Waals surface area contributed by atoms with Gasteiger partial charge in [-0.05, 0) is 31.3 Å². The number of pyridine rings is 1. The Morgan fingerprint density at radius 3 is 2.73 bits per heavy atom. The molecule has 0 saturated carbocycles. The number of piperazine rings is 1. The van der Waals surface area contributed by atoms with Crippen LogP contribution in [0, 0.1) is 0 Å². The lowest BCUT2D eigenvalue weighted by Gasteiger charge is -2.32. The third kappa shape index (κ3) is 3.46. The zero-order valence-corrected chi connectivity index (χ0v) is 12.7. The van der Waals surface area contributed by atoms with E-state index in [-0.39, 0.29) is 5.91 Å². The topological polar surface area (TPSA) is 61.6 Å². The largest absolute Gasteiger partial charge is 0.467 e. The van der Waals surface area contributed by atoms with Gasteiger partial charge in [0.15, 0.2) is 0 Å². The number of rotatable bonds is 4. The second-order valence-electron chi connectivity index (χ2n) is 5.46. The molecule has 0 bridgehead atoms. The first kappa shape index (κ1) is 14.6. The van der Waals surface area contributed by atoms with Gasteiger partial charge in [0.25, 0.3) is 5.91 Å². The summed E-state index contributed by atoms with van der Waals surface area (Å²) in [5.41, 5.74) is 1.36. The molecule has 2 aromatic rings. The Labute approximate surface area is 129 Å². The molecule has 3 heterocycles. The van der Waals surface area contributed by atoms with Crippen LogP contribution in [0.25, 0.3) is 0 Å². The van der Waals surface area contributed by atoms with Crippen molar-refractivity contribution in [2.75, 3.05) is 38.5 Å². The molecule has 0 aromatic carbocycles. The van der Waals surface area contributed by atoms with Crippen LogP contribution in [0.4, 0.5) is 5.69 Å². The molecule has 116 valence electrons. The van der Waals surface area contributed by atoms with Crippen LogP contribution in [-0.2, 0) is 6.54 Å². The van der Waals surface area contributed by atoms with Gasteiger partial charge in [0.1, 0.15) is 11.5 Å². The lowest BCUT2D eigenvalue weighted by atomic mass is 10.2. The summed E-state index contributed by atoms with van der Waals surface area (Å²) in [5, 5.41) is 3.21.